The van der Waals surface area contributed by atoms with Gasteiger partial charge < -0.3 is 5.32 Å². The first kappa shape index (κ1) is 22.8. The maximum absolute atomic E-state index is 13.3. The van der Waals surface area contributed by atoms with Crippen molar-refractivity contribution in [1.82, 2.24) is 9.62 Å². The Morgan fingerprint density at radius 1 is 1.00 bits per heavy atom. The number of carbonyl (C=O) groups is 1. The Balaban J connectivity index is 1.37. The summed E-state index contributed by atoms with van der Waals surface area (Å²) in [6, 6.07) is 14.2. The van der Waals surface area contributed by atoms with Gasteiger partial charge in [0.15, 0.2) is 0 Å². The number of alkyl halides is 3. The van der Waals surface area contributed by atoms with Crippen molar-refractivity contribution in [2.24, 2.45) is 5.92 Å². The Kier molecular flexibility index (Phi) is 6.06. The van der Waals surface area contributed by atoms with Crippen LogP contribution in [0.2, 0.25) is 0 Å². The van der Waals surface area contributed by atoms with Crippen LogP contribution in [-0.2, 0) is 26.4 Å². The van der Waals surface area contributed by atoms with Crippen LogP contribution in [0.5, 0.6) is 0 Å². The highest BCUT2D eigenvalue weighted by Gasteiger charge is 2.45. The van der Waals surface area contributed by atoms with Gasteiger partial charge in [-0.3, -0.25) is 4.79 Å². The fourth-order valence-electron chi connectivity index (χ4n) is 4.33. The molecule has 32 heavy (non-hydrogen) atoms. The number of nitrogens with zero attached hydrogens (tertiary/aromatic N) is 1. The fourth-order valence-corrected chi connectivity index (χ4v) is 6.02. The fraction of sp³-hybridized carbons (Fsp3) is 0.435. The summed E-state index contributed by atoms with van der Waals surface area (Å²) in [5.41, 5.74) is 0.00230. The highest BCUT2D eigenvalue weighted by atomic mass is 32.2. The third kappa shape index (κ3) is 4.54. The van der Waals surface area contributed by atoms with Crippen molar-refractivity contribution >= 4 is 15.9 Å². The molecule has 0 unspecified atom stereocenters. The van der Waals surface area contributed by atoms with E-state index in [9.17, 15) is 26.4 Å². The predicted octanol–water partition coefficient (Wildman–Crippen LogP) is 3.95. The smallest absolute Gasteiger partial charge is 0.355 e. The van der Waals surface area contributed by atoms with Gasteiger partial charge >= 0.3 is 6.18 Å². The molecule has 5 nitrogen and oxygen atoms in total. The molecule has 2 aliphatic rings. The maximum atomic E-state index is 13.3. The summed E-state index contributed by atoms with van der Waals surface area (Å²) in [6.07, 6.45) is -2.20. The van der Waals surface area contributed by atoms with Crippen molar-refractivity contribution in [3.05, 3.63) is 65.7 Å². The van der Waals surface area contributed by atoms with E-state index < -0.39 is 26.7 Å². The topological polar surface area (TPSA) is 66.5 Å². The van der Waals surface area contributed by atoms with Crippen molar-refractivity contribution in [2.45, 2.75) is 42.2 Å². The van der Waals surface area contributed by atoms with Crippen LogP contribution in [0.1, 0.15) is 36.8 Å². The monoisotopic (exact) mass is 466 g/mol. The van der Waals surface area contributed by atoms with E-state index in [2.05, 4.69) is 17.4 Å². The minimum Gasteiger partial charge on any atom is -0.355 e. The molecule has 0 aromatic heterocycles. The van der Waals surface area contributed by atoms with E-state index in [-0.39, 0.29) is 43.2 Å². The van der Waals surface area contributed by atoms with Crippen LogP contribution in [0.3, 0.4) is 0 Å². The molecule has 0 radical (unpaired) electrons. The largest absolute Gasteiger partial charge is 0.417 e. The van der Waals surface area contributed by atoms with Gasteiger partial charge in [0.2, 0.25) is 15.9 Å². The summed E-state index contributed by atoms with van der Waals surface area (Å²) in [5.74, 6) is -0.481. The molecule has 2 fully saturated rings. The molecule has 1 amide bonds. The van der Waals surface area contributed by atoms with Crippen LogP contribution in [0.15, 0.2) is 59.5 Å². The van der Waals surface area contributed by atoms with Crippen LogP contribution in [0.4, 0.5) is 13.2 Å². The standard InChI is InChI=1S/C23H25F3N2O3S/c24-23(25,26)19-8-4-5-9-20(19)32(30,31)28-14-10-17(11-15-28)21(29)27-16-22(12-13-22)18-6-2-1-3-7-18/h1-9,17H,10-16H2,(H,27,29). The summed E-state index contributed by atoms with van der Waals surface area (Å²) < 4.78 is 66.7. The molecule has 2 aromatic carbocycles. The number of hydrogen-bond donors (Lipinski definition) is 1. The van der Waals surface area contributed by atoms with Gasteiger partial charge in [-0.05, 0) is 43.4 Å². The molecule has 172 valence electrons. The molecule has 1 aliphatic heterocycles. The second-order valence-electron chi connectivity index (χ2n) is 8.54. The van der Waals surface area contributed by atoms with Gasteiger partial charge in [-0.25, -0.2) is 8.42 Å². The summed E-state index contributed by atoms with van der Waals surface area (Å²) >= 11 is 0. The second-order valence-corrected chi connectivity index (χ2v) is 10.4. The summed E-state index contributed by atoms with van der Waals surface area (Å²) in [6.45, 7) is 0.556. The van der Waals surface area contributed by atoms with Gasteiger partial charge in [0.05, 0.1) is 10.5 Å². The molecule has 0 atom stereocenters. The number of hydrogen-bond acceptors (Lipinski definition) is 3. The van der Waals surface area contributed by atoms with E-state index >= 15 is 0 Å². The minimum absolute atomic E-state index is 0.0104. The van der Waals surface area contributed by atoms with Crippen molar-refractivity contribution in [1.29, 1.82) is 0 Å². The van der Waals surface area contributed by atoms with E-state index in [0.717, 1.165) is 29.3 Å². The lowest BCUT2D eigenvalue weighted by Gasteiger charge is -2.31. The SMILES string of the molecule is O=C(NCC1(c2ccccc2)CC1)C1CCN(S(=O)(=O)c2ccccc2C(F)(F)F)CC1. The average molecular weight is 467 g/mol. The number of piperidine rings is 1. The number of benzene rings is 2. The van der Waals surface area contributed by atoms with Gasteiger partial charge in [0.1, 0.15) is 0 Å². The van der Waals surface area contributed by atoms with E-state index in [4.69, 9.17) is 0 Å². The molecule has 9 heteroatoms. The molecule has 1 N–H and O–H groups in total. The quantitative estimate of drug-likeness (QED) is 0.701. The number of rotatable bonds is 6. The molecular formula is C23H25F3N2O3S. The summed E-state index contributed by atoms with van der Waals surface area (Å²) in [7, 11) is -4.30. The van der Waals surface area contributed by atoms with Gasteiger partial charge in [-0.2, -0.15) is 17.5 Å². The van der Waals surface area contributed by atoms with Crippen LogP contribution >= 0.6 is 0 Å². The lowest BCUT2D eigenvalue weighted by molar-refractivity contribution is -0.139. The van der Waals surface area contributed by atoms with Crippen LogP contribution < -0.4 is 5.32 Å². The van der Waals surface area contributed by atoms with Crippen LogP contribution in [0, 0.1) is 5.92 Å². The molecule has 0 spiro atoms. The Bertz CT molecular complexity index is 1080. The number of halogens is 3. The van der Waals surface area contributed by atoms with Crippen molar-refractivity contribution in [2.75, 3.05) is 19.6 Å². The third-order valence-electron chi connectivity index (χ3n) is 6.48. The first-order valence-corrected chi connectivity index (χ1v) is 12.1. The molecule has 1 heterocycles. The normalized spacial score (nSPS) is 19.5. The molecule has 1 saturated carbocycles. The van der Waals surface area contributed by atoms with Crippen LogP contribution in [0.25, 0.3) is 0 Å². The average Bonchev–Trinajstić information content (AvgIpc) is 3.59. The van der Waals surface area contributed by atoms with Gasteiger partial charge in [-0.1, -0.05) is 42.5 Å². The lowest BCUT2D eigenvalue weighted by atomic mass is 9.94. The molecule has 1 saturated heterocycles. The zero-order chi connectivity index (χ0) is 23.0. The molecular weight excluding hydrogens is 441 g/mol. The van der Waals surface area contributed by atoms with E-state index in [1.165, 1.54) is 17.7 Å². The van der Waals surface area contributed by atoms with Crippen molar-refractivity contribution in [3.63, 3.8) is 0 Å². The van der Waals surface area contributed by atoms with E-state index in [1.807, 2.05) is 18.2 Å². The number of carbonyl (C=O) groups excluding carboxylic acids is 1. The van der Waals surface area contributed by atoms with Gasteiger partial charge in [-0.15, -0.1) is 0 Å². The van der Waals surface area contributed by atoms with Gasteiger partial charge in [0, 0.05) is 31.0 Å². The molecule has 0 bridgehead atoms. The van der Waals surface area contributed by atoms with E-state index in [1.54, 1.807) is 0 Å². The zero-order valence-corrected chi connectivity index (χ0v) is 18.3. The van der Waals surface area contributed by atoms with E-state index in [0.29, 0.717) is 6.54 Å². The Morgan fingerprint density at radius 3 is 2.19 bits per heavy atom. The number of nitrogens with one attached hydrogen (secondary N) is 1. The predicted molar refractivity (Wildman–Crippen MR) is 113 cm³/mol. The molecule has 4 rings (SSSR count). The lowest BCUT2D eigenvalue weighted by Crippen LogP contribution is -2.44. The zero-order valence-electron chi connectivity index (χ0n) is 17.4. The summed E-state index contributed by atoms with van der Waals surface area (Å²) in [4.78, 5) is 11.9. The Morgan fingerprint density at radius 2 is 1.59 bits per heavy atom. The maximum Gasteiger partial charge on any atom is 0.417 e. The Hall–Kier alpha value is -2.39. The molecule has 2 aromatic rings. The van der Waals surface area contributed by atoms with Gasteiger partial charge in [0.25, 0.3) is 0 Å². The minimum atomic E-state index is -4.76. The molecule has 1 aliphatic carbocycles. The van der Waals surface area contributed by atoms with Crippen LogP contribution in [-0.4, -0.2) is 38.3 Å². The highest BCUT2D eigenvalue weighted by Crippen LogP contribution is 2.47. The first-order chi connectivity index (χ1) is 15.1. The number of amides is 1. The second kappa shape index (κ2) is 8.51. The highest BCUT2D eigenvalue weighted by molar-refractivity contribution is 7.89. The summed E-state index contributed by atoms with van der Waals surface area (Å²) in [5, 5.41) is 3.01. The van der Waals surface area contributed by atoms with Crippen molar-refractivity contribution < 1.29 is 26.4 Å². The third-order valence-corrected chi connectivity index (χ3v) is 8.43. The van der Waals surface area contributed by atoms with Crippen molar-refractivity contribution in [3.8, 4) is 0 Å². The number of sulfonamides is 1. The first-order valence-electron chi connectivity index (χ1n) is 10.6. The Labute approximate surface area is 185 Å².